The summed E-state index contributed by atoms with van der Waals surface area (Å²) in [4.78, 5) is 0.208. The maximum atomic E-state index is 12.2. The number of nitrogens with one attached hydrogen (secondary N) is 1. The van der Waals surface area contributed by atoms with Crippen LogP contribution in [0.1, 0.15) is 24.8 Å². The van der Waals surface area contributed by atoms with Crippen molar-refractivity contribution in [1.82, 2.24) is 4.72 Å². The minimum atomic E-state index is -3.55. The van der Waals surface area contributed by atoms with Crippen molar-refractivity contribution < 1.29 is 21.6 Å². The quantitative estimate of drug-likeness (QED) is 0.743. The van der Waals surface area contributed by atoms with Crippen molar-refractivity contribution in [3.05, 3.63) is 23.8 Å². The van der Waals surface area contributed by atoms with Crippen LogP contribution in [-0.2, 0) is 19.9 Å². The average Bonchev–Trinajstić information content (AvgIpc) is 2.83. The molecule has 1 saturated heterocycles. The van der Waals surface area contributed by atoms with Crippen LogP contribution >= 0.6 is 0 Å². The topological polar surface area (TPSA) is 89.5 Å². The molecule has 0 aromatic heterocycles. The number of sulfone groups is 1. The number of hydrogen-bond donors (Lipinski definition) is 1. The van der Waals surface area contributed by atoms with Gasteiger partial charge in [-0.25, -0.2) is 21.6 Å². The maximum Gasteiger partial charge on any atom is 0.240 e. The Labute approximate surface area is 138 Å². The molecule has 1 atom stereocenters. The lowest BCUT2D eigenvalue weighted by molar-refractivity contribution is 0.411. The Balaban J connectivity index is 1.86. The molecule has 2 rings (SSSR count). The second kappa shape index (κ2) is 7.19. The van der Waals surface area contributed by atoms with E-state index in [0.717, 1.165) is 12.0 Å². The summed E-state index contributed by atoms with van der Waals surface area (Å²) in [6.07, 6.45) is 2.05. The Morgan fingerprint density at radius 2 is 2.09 bits per heavy atom. The van der Waals surface area contributed by atoms with Crippen LogP contribution in [0.2, 0.25) is 0 Å². The van der Waals surface area contributed by atoms with Crippen molar-refractivity contribution in [2.45, 2.75) is 31.1 Å². The molecule has 1 aliphatic rings. The van der Waals surface area contributed by atoms with Crippen molar-refractivity contribution in [2.24, 2.45) is 5.92 Å². The zero-order chi connectivity index (χ0) is 17.1. The van der Waals surface area contributed by atoms with Gasteiger partial charge in [0.2, 0.25) is 10.0 Å². The summed E-state index contributed by atoms with van der Waals surface area (Å²) in [7, 11) is -4.88. The van der Waals surface area contributed by atoms with Crippen molar-refractivity contribution in [3.8, 4) is 5.75 Å². The van der Waals surface area contributed by atoms with Crippen LogP contribution in [0.3, 0.4) is 0 Å². The van der Waals surface area contributed by atoms with E-state index in [2.05, 4.69) is 4.72 Å². The van der Waals surface area contributed by atoms with E-state index in [1.165, 1.54) is 13.2 Å². The molecular formula is C15H23NO5S2. The predicted molar refractivity (Wildman–Crippen MR) is 88.9 cm³/mol. The number of sulfonamides is 1. The molecule has 1 N–H and O–H groups in total. The molecule has 130 valence electrons. The van der Waals surface area contributed by atoms with Crippen LogP contribution in [0.4, 0.5) is 0 Å². The molecule has 0 bridgehead atoms. The molecule has 0 saturated carbocycles. The standard InChI is InChI=1S/C15H23NO5S2/c1-12-10-14(5-6-15(12)21-2)23(19,20)16-8-3-4-13-7-9-22(17,18)11-13/h5-6,10,13,16H,3-4,7-9,11H2,1-2H3. The number of benzene rings is 1. The molecule has 8 heteroatoms. The molecule has 1 aromatic rings. The summed E-state index contributed by atoms with van der Waals surface area (Å²) in [5, 5.41) is 0. The monoisotopic (exact) mass is 361 g/mol. The van der Waals surface area contributed by atoms with Crippen LogP contribution in [-0.4, -0.2) is 42.0 Å². The summed E-state index contributed by atoms with van der Waals surface area (Å²) in [6, 6.07) is 4.72. The van der Waals surface area contributed by atoms with E-state index >= 15 is 0 Å². The highest BCUT2D eigenvalue weighted by Crippen LogP contribution is 2.23. The third kappa shape index (κ3) is 4.92. The Hall–Kier alpha value is -1.12. The van der Waals surface area contributed by atoms with Gasteiger partial charge in [0, 0.05) is 6.54 Å². The molecule has 0 spiro atoms. The Bertz CT molecular complexity index is 756. The van der Waals surface area contributed by atoms with Crippen LogP contribution < -0.4 is 9.46 Å². The molecule has 1 heterocycles. The summed E-state index contributed by atoms with van der Waals surface area (Å²) in [5.74, 6) is 1.30. The van der Waals surface area contributed by atoms with Crippen LogP contribution in [0.5, 0.6) is 5.75 Å². The largest absolute Gasteiger partial charge is 0.496 e. The summed E-state index contributed by atoms with van der Waals surface area (Å²) in [6.45, 7) is 2.10. The first kappa shape index (κ1) is 18.2. The summed E-state index contributed by atoms with van der Waals surface area (Å²) < 4.78 is 54.9. The molecule has 0 aliphatic carbocycles. The van der Waals surface area contributed by atoms with Crippen molar-refractivity contribution >= 4 is 19.9 Å². The molecule has 6 nitrogen and oxygen atoms in total. The van der Waals surface area contributed by atoms with Gasteiger partial charge in [-0.05, 0) is 55.9 Å². The SMILES string of the molecule is COc1ccc(S(=O)(=O)NCCCC2CCS(=O)(=O)C2)cc1C. The van der Waals surface area contributed by atoms with Gasteiger partial charge >= 0.3 is 0 Å². The Kier molecular flexibility index (Phi) is 5.70. The van der Waals surface area contributed by atoms with Crippen molar-refractivity contribution in [1.29, 1.82) is 0 Å². The fourth-order valence-electron chi connectivity index (χ4n) is 2.80. The van der Waals surface area contributed by atoms with Gasteiger partial charge < -0.3 is 4.74 Å². The number of ether oxygens (including phenoxy) is 1. The fraction of sp³-hybridized carbons (Fsp3) is 0.600. The second-order valence-corrected chi connectivity index (χ2v) is 9.94. The average molecular weight is 361 g/mol. The van der Waals surface area contributed by atoms with E-state index in [9.17, 15) is 16.8 Å². The van der Waals surface area contributed by atoms with Gasteiger partial charge in [-0.2, -0.15) is 0 Å². The molecule has 1 unspecified atom stereocenters. The van der Waals surface area contributed by atoms with Crippen LogP contribution in [0, 0.1) is 12.8 Å². The minimum Gasteiger partial charge on any atom is -0.496 e. The van der Waals surface area contributed by atoms with Gasteiger partial charge in [-0.1, -0.05) is 0 Å². The Morgan fingerprint density at radius 3 is 2.65 bits per heavy atom. The molecular weight excluding hydrogens is 338 g/mol. The third-order valence-electron chi connectivity index (χ3n) is 4.08. The van der Waals surface area contributed by atoms with Gasteiger partial charge in [0.25, 0.3) is 0 Å². The Morgan fingerprint density at radius 1 is 1.35 bits per heavy atom. The normalized spacial score (nSPS) is 20.5. The number of aryl methyl sites for hydroxylation is 1. The molecule has 1 aliphatic heterocycles. The van der Waals surface area contributed by atoms with Crippen molar-refractivity contribution in [3.63, 3.8) is 0 Å². The highest BCUT2D eigenvalue weighted by atomic mass is 32.2. The smallest absolute Gasteiger partial charge is 0.240 e. The lowest BCUT2D eigenvalue weighted by Gasteiger charge is -2.11. The maximum absolute atomic E-state index is 12.2. The van der Waals surface area contributed by atoms with Gasteiger partial charge in [0.05, 0.1) is 23.5 Å². The van der Waals surface area contributed by atoms with E-state index in [1.807, 2.05) is 0 Å². The first-order valence-corrected chi connectivity index (χ1v) is 10.9. The minimum absolute atomic E-state index is 0.160. The van der Waals surface area contributed by atoms with E-state index < -0.39 is 19.9 Å². The van der Waals surface area contributed by atoms with Crippen LogP contribution in [0.25, 0.3) is 0 Å². The number of methoxy groups -OCH3 is 1. The molecule has 0 amide bonds. The molecule has 23 heavy (non-hydrogen) atoms. The number of rotatable bonds is 7. The predicted octanol–water partition coefficient (Wildman–Crippen LogP) is 1.50. The fourth-order valence-corrected chi connectivity index (χ4v) is 5.87. The molecule has 0 radical (unpaired) electrons. The summed E-state index contributed by atoms with van der Waals surface area (Å²) >= 11 is 0. The molecule has 1 aromatic carbocycles. The number of hydrogen-bond acceptors (Lipinski definition) is 5. The van der Waals surface area contributed by atoms with E-state index in [-0.39, 0.29) is 22.3 Å². The van der Waals surface area contributed by atoms with Crippen molar-refractivity contribution in [2.75, 3.05) is 25.2 Å². The first-order valence-electron chi connectivity index (χ1n) is 7.58. The highest BCUT2D eigenvalue weighted by Gasteiger charge is 2.27. The van der Waals surface area contributed by atoms with E-state index in [4.69, 9.17) is 4.74 Å². The van der Waals surface area contributed by atoms with E-state index in [1.54, 1.807) is 19.1 Å². The third-order valence-corrected chi connectivity index (χ3v) is 7.38. The van der Waals surface area contributed by atoms with E-state index in [0.29, 0.717) is 25.1 Å². The van der Waals surface area contributed by atoms with Gasteiger partial charge in [0.1, 0.15) is 5.75 Å². The second-order valence-electron chi connectivity index (χ2n) is 5.94. The van der Waals surface area contributed by atoms with Gasteiger partial charge in [-0.3, -0.25) is 0 Å². The van der Waals surface area contributed by atoms with Gasteiger partial charge in [0.15, 0.2) is 9.84 Å². The summed E-state index contributed by atoms with van der Waals surface area (Å²) in [5.41, 5.74) is 0.756. The lowest BCUT2D eigenvalue weighted by atomic mass is 10.0. The zero-order valence-electron chi connectivity index (χ0n) is 13.4. The lowest BCUT2D eigenvalue weighted by Crippen LogP contribution is -2.25. The zero-order valence-corrected chi connectivity index (χ0v) is 15.0. The van der Waals surface area contributed by atoms with Gasteiger partial charge in [-0.15, -0.1) is 0 Å². The first-order chi connectivity index (χ1) is 10.7. The molecule has 1 fully saturated rings. The van der Waals surface area contributed by atoms with Crippen LogP contribution in [0.15, 0.2) is 23.1 Å². The highest BCUT2D eigenvalue weighted by molar-refractivity contribution is 7.91.